The van der Waals surface area contributed by atoms with Crippen molar-refractivity contribution in [3.63, 3.8) is 0 Å². The summed E-state index contributed by atoms with van der Waals surface area (Å²) < 4.78 is 0. The molecular formula is C7H14N2O2. The summed E-state index contributed by atoms with van der Waals surface area (Å²) in [6.45, 7) is 1.48. The molecule has 2 saturated heterocycles. The van der Waals surface area contributed by atoms with Crippen molar-refractivity contribution in [3.05, 3.63) is 0 Å². The Morgan fingerprint density at radius 3 is 2.82 bits per heavy atom. The first-order chi connectivity index (χ1) is 5.20. The molecule has 2 heterocycles. The first kappa shape index (κ1) is 7.49. The van der Waals surface area contributed by atoms with Crippen LogP contribution in [-0.4, -0.2) is 60.5 Å². The van der Waals surface area contributed by atoms with Crippen molar-refractivity contribution < 1.29 is 9.94 Å². The first-order valence-corrected chi connectivity index (χ1v) is 3.94. The highest BCUT2D eigenvalue weighted by Gasteiger charge is 2.46. The minimum atomic E-state index is -0.252. The Morgan fingerprint density at radius 1 is 1.45 bits per heavy atom. The van der Waals surface area contributed by atoms with Crippen molar-refractivity contribution in [3.8, 4) is 0 Å². The Balaban J connectivity index is 2.15. The highest BCUT2D eigenvalue weighted by Crippen LogP contribution is 2.26. The number of likely N-dealkylation sites (tertiary alicyclic amines) is 1. The monoisotopic (exact) mass is 158 g/mol. The number of aliphatic hydroxyl groups excluding tert-OH is 1. The van der Waals surface area contributed by atoms with Crippen LogP contribution in [0.25, 0.3) is 0 Å². The van der Waals surface area contributed by atoms with E-state index in [9.17, 15) is 5.11 Å². The molecule has 2 rings (SSSR count). The van der Waals surface area contributed by atoms with Gasteiger partial charge in [0.15, 0.2) is 0 Å². The lowest BCUT2D eigenvalue weighted by atomic mass is 10.1. The van der Waals surface area contributed by atoms with E-state index in [1.54, 1.807) is 5.06 Å². The molecule has 2 fully saturated rings. The number of likely N-dealkylation sites (N-methyl/N-ethyl adjacent to an activating group) is 2. The quantitative estimate of drug-likeness (QED) is 0.486. The molecule has 0 amide bonds. The highest BCUT2D eigenvalue weighted by molar-refractivity contribution is 4.98. The van der Waals surface area contributed by atoms with Crippen LogP contribution in [0.4, 0.5) is 0 Å². The van der Waals surface area contributed by atoms with Gasteiger partial charge in [0.1, 0.15) is 0 Å². The van der Waals surface area contributed by atoms with Gasteiger partial charge in [-0.1, -0.05) is 0 Å². The Bertz CT molecular complexity index is 165. The number of hydroxylamine groups is 2. The number of hydrogen-bond acceptors (Lipinski definition) is 4. The average Bonchev–Trinajstić information content (AvgIpc) is 2.41. The van der Waals surface area contributed by atoms with Crippen LogP contribution in [0.5, 0.6) is 0 Å². The molecule has 0 aromatic rings. The predicted octanol–water partition coefficient (Wildman–Crippen LogP) is -1.09. The molecule has 2 aliphatic rings. The maximum absolute atomic E-state index is 9.58. The Hall–Kier alpha value is -0.160. The number of fused-ring (bicyclic) bond motifs is 1. The Labute approximate surface area is 66.3 Å². The minimum absolute atomic E-state index is 0.181. The molecule has 64 valence electrons. The van der Waals surface area contributed by atoms with Gasteiger partial charge in [0, 0.05) is 13.6 Å². The lowest BCUT2D eigenvalue weighted by Gasteiger charge is -2.18. The highest BCUT2D eigenvalue weighted by atomic mass is 16.7. The Morgan fingerprint density at radius 2 is 2.18 bits per heavy atom. The SMILES string of the molecule is CN1CC(O)C2C1CON2C. The number of β-amino-alcohol motifs (C(OH)–C–C–N with tert-alkyl or cyclic N) is 1. The van der Waals surface area contributed by atoms with Gasteiger partial charge in [0.05, 0.1) is 24.8 Å². The largest absolute Gasteiger partial charge is 0.390 e. The van der Waals surface area contributed by atoms with Crippen LogP contribution in [-0.2, 0) is 4.84 Å². The third kappa shape index (κ3) is 0.980. The van der Waals surface area contributed by atoms with Crippen LogP contribution < -0.4 is 0 Å². The summed E-state index contributed by atoms with van der Waals surface area (Å²) in [5, 5.41) is 11.4. The molecule has 0 aromatic heterocycles. The second-order valence-corrected chi connectivity index (χ2v) is 3.41. The van der Waals surface area contributed by atoms with E-state index >= 15 is 0 Å². The second kappa shape index (κ2) is 2.42. The van der Waals surface area contributed by atoms with Gasteiger partial charge in [-0.15, -0.1) is 0 Å². The number of hydrogen-bond donors (Lipinski definition) is 1. The van der Waals surface area contributed by atoms with Gasteiger partial charge in [-0.3, -0.25) is 9.74 Å². The normalized spacial score (nSPS) is 46.6. The van der Waals surface area contributed by atoms with E-state index < -0.39 is 0 Å². The number of aliphatic hydroxyl groups is 1. The molecule has 11 heavy (non-hydrogen) atoms. The molecule has 0 saturated carbocycles. The van der Waals surface area contributed by atoms with Crippen LogP contribution in [0, 0.1) is 0 Å². The van der Waals surface area contributed by atoms with Crippen molar-refractivity contribution in [1.82, 2.24) is 9.96 Å². The Kier molecular flexibility index (Phi) is 1.64. The van der Waals surface area contributed by atoms with Gasteiger partial charge in [-0.05, 0) is 7.05 Å². The molecule has 0 bridgehead atoms. The van der Waals surface area contributed by atoms with Crippen molar-refractivity contribution in [2.45, 2.75) is 18.2 Å². The lowest BCUT2D eigenvalue weighted by Crippen LogP contribution is -2.38. The summed E-state index contributed by atoms with van der Waals surface area (Å²) in [5.41, 5.74) is 0. The maximum atomic E-state index is 9.58. The van der Waals surface area contributed by atoms with Crippen LogP contribution in [0.15, 0.2) is 0 Å². The topological polar surface area (TPSA) is 35.9 Å². The van der Waals surface area contributed by atoms with Gasteiger partial charge in [-0.2, -0.15) is 5.06 Å². The van der Waals surface area contributed by atoms with Crippen molar-refractivity contribution >= 4 is 0 Å². The van der Waals surface area contributed by atoms with Crippen molar-refractivity contribution in [2.24, 2.45) is 0 Å². The van der Waals surface area contributed by atoms with Crippen LogP contribution in [0.3, 0.4) is 0 Å². The molecule has 1 N–H and O–H groups in total. The third-order valence-corrected chi connectivity index (χ3v) is 2.70. The zero-order valence-electron chi connectivity index (χ0n) is 6.90. The second-order valence-electron chi connectivity index (χ2n) is 3.41. The molecular weight excluding hydrogens is 144 g/mol. The number of rotatable bonds is 0. The summed E-state index contributed by atoms with van der Waals surface area (Å²) >= 11 is 0. The summed E-state index contributed by atoms with van der Waals surface area (Å²) in [5.74, 6) is 0. The zero-order chi connectivity index (χ0) is 8.01. The molecule has 0 aromatic carbocycles. The molecule has 3 atom stereocenters. The molecule has 4 nitrogen and oxygen atoms in total. The van der Waals surface area contributed by atoms with E-state index in [4.69, 9.17) is 4.84 Å². The molecule has 2 aliphatic heterocycles. The van der Waals surface area contributed by atoms with Crippen molar-refractivity contribution in [1.29, 1.82) is 0 Å². The van der Waals surface area contributed by atoms with Crippen LogP contribution in [0.2, 0.25) is 0 Å². The van der Waals surface area contributed by atoms with E-state index in [-0.39, 0.29) is 12.1 Å². The first-order valence-electron chi connectivity index (χ1n) is 3.94. The van der Waals surface area contributed by atoms with E-state index in [1.807, 2.05) is 14.1 Å². The van der Waals surface area contributed by atoms with Gasteiger partial charge >= 0.3 is 0 Å². The zero-order valence-corrected chi connectivity index (χ0v) is 6.90. The minimum Gasteiger partial charge on any atom is -0.390 e. The van der Waals surface area contributed by atoms with Crippen LogP contribution in [0.1, 0.15) is 0 Å². The fourth-order valence-corrected chi connectivity index (χ4v) is 2.05. The fourth-order valence-electron chi connectivity index (χ4n) is 2.05. The molecule has 0 radical (unpaired) electrons. The fraction of sp³-hybridized carbons (Fsp3) is 1.00. The smallest absolute Gasteiger partial charge is 0.0861 e. The third-order valence-electron chi connectivity index (χ3n) is 2.70. The summed E-state index contributed by atoms with van der Waals surface area (Å²) in [7, 11) is 3.91. The molecule has 3 unspecified atom stereocenters. The molecule has 4 heteroatoms. The van der Waals surface area contributed by atoms with E-state index in [2.05, 4.69) is 4.90 Å². The van der Waals surface area contributed by atoms with E-state index in [1.165, 1.54) is 0 Å². The predicted molar refractivity (Wildman–Crippen MR) is 39.9 cm³/mol. The summed E-state index contributed by atoms with van der Waals surface area (Å²) in [4.78, 5) is 7.44. The van der Waals surface area contributed by atoms with Gasteiger partial charge in [0.2, 0.25) is 0 Å². The van der Waals surface area contributed by atoms with Gasteiger partial charge in [0.25, 0.3) is 0 Å². The van der Waals surface area contributed by atoms with E-state index in [0.29, 0.717) is 12.6 Å². The van der Waals surface area contributed by atoms with Crippen molar-refractivity contribution in [2.75, 3.05) is 27.2 Å². The average molecular weight is 158 g/mol. The maximum Gasteiger partial charge on any atom is 0.0861 e. The summed E-state index contributed by atoms with van der Waals surface area (Å²) in [6.07, 6.45) is -0.252. The van der Waals surface area contributed by atoms with Gasteiger partial charge < -0.3 is 5.11 Å². The van der Waals surface area contributed by atoms with Crippen LogP contribution >= 0.6 is 0 Å². The van der Waals surface area contributed by atoms with E-state index in [0.717, 1.165) is 6.54 Å². The lowest BCUT2D eigenvalue weighted by molar-refractivity contribution is -0.129. The molecule has 0 spiro atoms. The number of nitrogens with zero attached hydrogens (tertiary/aromatic N) is 2. The summed E-state index contributed by atoms with van der Waals surface area (Å²) in [6, 6.07) is 0.565. The molecule has 0 aliphatic carbocycles. The van der Waals surface area contributed by atoms with Gasteiger partial charge in [-0.25, -0.2) is 0 Å². The standard InChI is InChI=1S/C7H14N2O2/c1-8-3-6(10)7-5(8)4-11-9(7)2/h5-7,10H,3-4H2,1-2H3.